The number of carbonyl (C=O) groups excluding carboxylic acids is 1. The van der Waals surface area contributed by atoms with Crippen molar-refractivity contribution in [1.82, 2.24) is 19.6 Å². The van der Waals surface area contributed by atoms with Gasteiger partial charge < -0.3 is 9.72 Å². The third-order valence-corrected chi connectivity index (χ3v) is 4.75. The number of hydrogen-bond donors (Lipinski definition) is 2. The molecule has 0 saturated heterocycles. The number of imidazole rings is 1. The van der Waals surface area contributed by atoms with Crippen LogP contribution in [0.5, 0.6) is 0 Å². The minimum absolute atomic E-state index is 0.0771. The van der Waals surface area contributed by atoms with E-state index in [1.54, 1.807) is 42.0 Å². The lowest BCUT2D eigenvalue weighted by atomic mass is 9.94. The van der Waals surface area contributed by atoms with Crippen LogP contribution < -0.4 is 5.32 Å². The Morgan fingerprint density at radius 3 is 3.00 bits per heavy atom. The maximum atomic E-state index is 15.0. The Bertz CT molecular complexity index is 1240. The highest BCUT2D eigenvalue weighted by molar-refractivity contribution is 6.35. The van der Waals surface area contributed by atoms with Crippen LogP contribution in [0.25, 0.3) is 27.7 Å². The Morgan fingerprint density at radius 2 is 2.26 bits per heavy atom. The number of pyridine rings is 1. The molecule has 3 aromatic heterocycles. The van der Waals surface area contributed by atoms with Gasteiger partial charge in [-0.05, 0) is 19.1 Å². The van der Waals surface area contributed by atoms with Crippen LogP contribution in [0.1, 0.15) is 18.4 Å². The van der Waals surface area contributed by atoms with E-state index in [-0.39, 0.29) is 10.6 Å². The number of benzene rings is 1. The average molecular weight is 383 g/mol. The lowest BCUT2D eigenvalue weighted by molar-refractivity contribution is -0.105. The topological polar surface area (TPSA) is 98.9 Å². The monoisotopic (exact) mass is 382 g/mol. The summed E-state index contributed by atoms with van der Waals surface area (Å²) < 4.78 is 16.7. The molecule has 0 saturated carbocycles. The molecule has 2 N–H and O–H groups in total. The van der Waals surface area contributed by atoms with Gasteiger partial charge in [0.15, 0.2) is 5.82 Å². The number of rotatable bonds is 4. The van der Waals surface area contributed by atoms with Gasteiger partial charge in [0.1, 0.15) is 11.5 Å². The van der Waals surface area contributed by atoms with E-state index in [9.17, 15) is 10.1 Å². The van der Waals surface area contributed by atoms with Crippen molar-refractivity contribution < 1.29 is 9.18 Å². The summed E-state index contributed by atoms with van der Waals surface area (Å²) in [6, 6.07) is 5.53. The fourth-order valence-electron chi connectivity index (χ4n) is 3.16. The summed E-state index contributed by atoms with van der Waals surface area (Å²) in [5.74, 6) is -0.940. The molecule has 4 rings (SSSR count). The summed E-state index contributed by atoms with van der Waals surface area (Å²) in [7, 11) is 0. The fraction of sp³-hybridized carbons (Fsp3) is 0.111. The molecule has 0 spiro atoms. The molecular formula is C18H12ClFN6O. The summed E-state index contributed by atoms with van der Waals surface area (Å²) in [6.07, 6.45) is 5.47. The molecule has 3 heterocycles. The van der Waals surface area contributed by atoms with Gasteiger partial charge in [-0.3, -0.25) is 9.89 Å². The Hall–Kier alpha value is -3.44. The van der Waals surface area contributed by atoms with Crippen LogP contribution in [-0.4, -0.2) is 26.0 Å². The maximum Gasteiger partial charge on any atom is 0.212 e. The average Bonchev–Trinajstić information content (AvgIpc) is 3.28. The van der Waals surface area contributed by atoms with E-state index in [4.69, 9.17) is 11.6 Å². The third kappa shape index (κ3) is 2.60. The molecule has 27 heavy (non-hydrogen) atoms. The van der Waals surface area contributed by atoms with Crippen LogP contribution in [0.4, 0.5) is 10.2 Å². The first-order chi connectivity index (χ1) is 13.0. The number of carbonyl (C=O) groups is 1. The number of nitrogens with one attached hydrogen (secondary N) is 2. The minimum atomic E-state index is -0.687. The summed E-state index contributed by atoms with van der Waals surface area (Å²) in [5, 5.41) is 19.0. The second-order valence-corrected chi connectivity index (χ2v) is 6.38. The molecule has 1 atom stereocenters. The van der Waals surface area contributed by atoms with Crippen molar-refractivity contribution >= 4 is 40.4 Å². The number of hydrogen-bond acceptors (Lipinski definition) is 4. The lowest BCUT2D eigenvalue weighted by Crippen LogP contribution is -2.00. The first kappa shape index (κ1) is 17.0. The molecule has 0 aliphatic rings. The lowest BCUT2D eigenvalue weighted by Gasteiger charge is -2.13. The van der Waals surface area contributed by atoms with E-state index in [0.29, 0.717) is 39.9 Å². The normalized spacial score (nSPS) is 12.2. The molecule has 7 nitrogen and oxygen atoms in total. The first-order valence-corrected chi connectivity index (χ1v) is 8.35. The highest BCUT2D eigenvalue weighted by Gasteiger charge is 2.24. The van der Waals surface area contributed by atoms with Gasteiger partial charge in [0.05, 0.1) is 34.9 Å². The number of amides is 1. The van der Waals surface area contributed by atoms with Gasteiger partial charge in [-0.2, -0.15) is 10.4 Å². The van der Waals surface area contributed by atoms with Gasteiger partial charge in [-0.25, -0.2) is 9.37 Å². The van der Waals surface area contributed by atoms with E-state index >= 15 is 4.39 Å². The van der Waals surface area contributed by atoms with E-state index in [1.807, 2.05) is 6.07 Å². The summed E-state index contributed by atoms with van der Waals surface area (Å²) >= 11 is 6.37. The van der Waals surface area contributed by atoms with Crippen LogP contribution >= 0.6 is 11.6 Å². The molecule has 134 valence electrons. The van der Waals surface area contributed by atoms with Crippen LogP contribution in [-0.2, 0) is 4.79 Å². The number of nitrogens with zero attached hydrogens (tertiary/aromatic N) is 4. The van der Waals surface area contributed by atoms with Crippen molar-refractivity contribution in [1.29, 1.82) is 5.26 Å². The molecule has 0 aliphatic heterocycles. The number of anilines is 1. The number of nitriles is 1. The van der Waals surface area contributed by atoms with Gasteiger partial charge in [-0.15, -0.1) is 0 Å². The summed E-state index contributed by atoms with van der Waals surface area (Å²) in [5.41, 5.74) is 2.35. The predicted octanol–water partition coefficient (Wildman–Crippen LogP) is 3.87. The van der Waals surface area contributed by atoms with Crippen molar-refractivity contribution in [3.05, 3.63) is 47.1 Å². The quantitative estimate of drug-likeness (QED) is 0.523. The van der Waals surface area contributed by atoms with Crippen molar-refractivity contribution in [3.63, 3.8) is 0 Å². The van der Waals surface area contributed by atoms with Crippen molar-refractivity contribution in [2.45, 2.75) is 12.8 Å². The molecule has 4 aromatic rings. The van der Waals surface area contributed by atoms with Gasteiger partial charge in [-0.1, -0.05) is 11.6 Å². The zero-order valence-corrected chi connectivity index (χ0v) is 14.8. The van der Waals surface area contributed by atoms with Crippen molar-refractivity contribution in [3.8, 4) is 17.2 Å². The number of fused-ring (bicyclic) bond motifs is 2. The van der Waals surface area contributed by atoms with Crippen LogP contribution in [0.3, 0.4) is 0 Å². The standard InChI is InChI=1S/C18H12ClFN6O/c1-9(4-21)14-17(20)16(19)15(11-5-23-25-18(11)14)10-2-3-13-24-12(22-8-27)7-26(13)6-10/h2-3,5-9H,1H3,(H,22,27)(H,23,25). The second-order valence-electron chi connectivity index (χ2n) is 6.00. The molecule has 1 amide bonds. The minimum Gasteiger partial charge on any atom is -0.312 e. The third-order valence-electron chi connectivity index (χ3n) is 4.40. The van der Waals surface area contributed by atoms with Gasteiger partial charge in [0.25, 0.3) is 0 Å². The van der Waals surface area contributed by atoms with Gasteiger partial charge in [0, 0.05) is 28.3 Å². The Balaban J connectivity index is 1.98. The molecule has 1 unspecified atom stereocenters. The van der Waals surface area contributed by atoms with Crippen molar-refractivity contribution in [2.24, 2.45) is 0 Å². The largest absolute Gasteiger partial charge is 0.312 e. The van der Waals surface area contributed by atoms with E-state index in [1.165, 1.54) is 0 Å². The molecule has 0 aliphatic carbocycles. The Kier molecular flexibility index (Phi) is 4.01. The van der Waals surface area contributed by atoms with Crippen molar-refractivity contribution in [2.75, 3.05) is 5.32 Å². The molecule has 0 fully saturated rings. The second kappa shape index (κ2) is 6.37. The van der Waals surface area contributed by atoms with E-state index < -0.39 is 11.7 Å². The Labute approximate surface area is 157 Å². The zero-order valence-electron chi connectivity index (χ0n) is 14.0. The number of H-pyrrole nitrogens is 1. The number of halogens is 2. The zero-order chi connectivity index (χ0) is 19.1. The fourth-order valence-corrected chi connectivity index (χ4v) is 3.47. The first-order valence-electron chi connectivity index (χ1n) is 7.98. The van der Waals surface area contributed by atoms with Crippen LogP contribution in [0.15, 0.2) is 30.7 Å². The SMILES string of the molecule is CC(C#N)c1c(F)c(Cl)c(-c2ccc3nc(NC=O)cn3c2)c2cn[nH]c12. The van der Waals surface area contributed by atoms with Gasteiger partial charge >= 0.3 is 0 Å². The number of aromatic nitrogens is 4. The predicted molar refractivity (Wildman–Crippen MR) is 99.0 cm³/mol. The molecule has 0 bridgehead atoms. The molecule has 1 aromatic carbocycles. The van der Waals surface area contributed by atoms with E-state index in [0.717, 1.165) is 0 Å². The molecule has 0 radical (unpaired) electrons. The highest BCUT2D eigenvalue weighted by Crippen LogP contribution is 2.41. The Morgan fingerprint density at radius 1 is 1.44 bits per heavy atom. The summed E-state index contributed by atoms with van der Waals surface area (Å²) in [6.45, 7) is 1.60. The van der Waals surface area contributed by atoms with Gasteiger partial charge in [0.2, 0.25) is 6.41 Å². The number of aromatic amines is 1. The van der Waals surface area contributed by atoms with E-state index in [2.05, 4.69) is 20.5 Å². The maximum absolute atomic E-state index is 15.0. The van der Waals surface area contributed by atoms with Crippen LogP contribution in [0.2, 0.25) is 5.02 Å². The highest BCUT2D eigenvalue weighted by atomic mass is 35.5. The smallest absolute Gasteiger partial charge is 0.212 e. The molecule has 9 heteroatoms. The van der Waals surface area contributed by atoms with Crippen LogP contribution in [0, 0.1) is 17.1 Å². The summed E-state index contributed by atoms with van der Waals surface area (Å²) in [4.78, 5) is 14.8. The molecular weight excluding hydrogens is 371 g/mol.